The predicted octanol–water partition coefficient (Wildman–Crippen LogP) is 14.4. The Hall–Kier alpha value is -3.94. The van der Waals surface area contributed by atoms with Crippen LogP contribution in [0.2, 0.25) is 0 Å². The zero-order valence-corrected chi connectivity index (χ0v) is 41.3. The van der Waals surface area contributed by atoms with Gasteiger partial charge in [-0.2, -0.15) is 0 Å². The molecule has 2 aromatic carbocycles. The highest BCUT2D eigenvalue weighted by atomic mass is 16.5. The number of ether oxygens (including phenoxy) is 3. The summed E-state index contributed by atoms with van der Waals surface area (Å²) < 4.78 is 19.5. The van der Waals surface area contributed by atoms with Crippen molar-refractivity contribution in [3.8, 4) is 16.9 Å². The molecule has 0 bridgehead atoms. The van der Waals surface area contributed by atoms with Crippen LogP contribution in [0.3, 0.4) is 0 Å². The highest BCUT2D eigenvalue weighted by molar-refractivity contribution is 5.90. The molecule has 0 radical (unpaired) electrons. The minimum atomic E-state index is -0.281. The fourth-order valence-electron chi connectivity index (χ4n) is 12.9. The van der Waals surface area contributed by atoms with E-state index >= 15 is 0 Å². The SMILES string of the molecule is CCC(C)COC(=O)c1ccc(-c2ccc(OCc3cn(CCCCCCCCC(=O)O[C@H]4CC[C@@]5(C)C(=CC[C@H]6[C@@H]7CC[C@H]([C@H](C)CCCC(C)C)[C@@]7(C)CC[C@@H]65)C4)nn3)cc2)cc1. The van der Waals surface area contributed by atoms with Gasteiger partial charge in [0.1, 0.15) is 24.2 Å². The van der Waals surface area contributed by atoms with Gasteiger partial charge in [-0.15, -0.1) is 5.10 Å². The molecule has 4 aliphatic rings. The number of fused-ring (bicyclic) bond motifs is 5. The van der Waals surface area contributed by atoms with Gasteiger partial charge in [-0.05, 0) is 145 Å². The maximum atomic E-state index is 13.0. The largest absolute Gasteiger partial charge is 0.487 e. The van der Waals surface area contributed by atoms with Crippen LogP contribution in [0.25, 0.3) is 11.1 Å². The molecule has 356 valence electrons. The molecule has 3 saturated carbocycles. The molecular weight excluding hydrogens is 807 g/mol. The lowest BCUT2D eigenvalue weighted by Gasteiger charge is -2.58. The Morgan fingerprint density at radius 1 is 0.815 bits per heavy atom. The van der Waals surface area contributed by atoms with Gasteiger partial charge < -0.3 is 14.2 Å². The third kappa shape index (κ3) is 12.3. The Morgan fingerprint density at radius 2 is 1.54 bits per heavy atom. The fraction of sp³-hybridized carbons (Fsp3) is 0.684. The van der Waals surface area contributed by atoms with Crippen LogP contribution in [0.4, 0.5) is 0 Å². The number of rotatable bonds is 23. The van der Waals surface area contributed by atoms with E-state index in [1.54, 1.807) is 5.57 Å². The first-order valence-electron chi connectivity index (χ1n) is 26.1. The van der Waals surface area contributed by atoms with Crippen molar-refractivity contribution in [3.05, 3.63) is 77.6 Å². The molecule has 8 heteroatoms. The Labute approximate surface area is 392 Å². The first-order valence-corrected chi connectivity index (χ1v) is 26.1. The van der Waals surface area contributed by atoms with Crippen LogP contribution in [0.15, 0.2) is 66.4 Å². The standard InChI is InChI=1S/C57H83N3O5/c1-8-41(4)38-64-55(62)45-21-19-43(20-22-45)44-23-26-48(27-24-44)63-39-47-37-60(59-58-47)35-14-12-10-9-11-13-18-54(61)65-49-31-33-56(6)46(36-49)25-28-50-52-30-29-51(42(5)17-15-16-40(2)3)57(52,7)34-32-53(50)56/h19-27,37,40-42,49-53H,8-18,28-36,38-39H2,1-7H3/t41?,42-,49+,50+,51-,52+,53+,56+,57-/m1/s1. The minimum Gasteiger partial charge on any atom is -0.487 e. The number of hydrogen-bond donors (Lipinski definition) is 0. The normalized spacial score (nSPS) is 27.0. The zero-order valence-electron chi connectivity index (χ0n) is 41.3. The predicted molar refractivity (Wildman–Crippen MR) is 261 cm³/mol. The highest BCUT2D eigenvalue weighted by Crippen LogP contribution is 2.67. The lowest BCUT2D eigenvalue weighted by Crippen LogP contribution is -2.51. The smallest absolute Gasteiger partial charge is 0.338 e. The Morgan fingerprint density at radius 3 is 2.28 bits per heavy atom. The van der Waals surface area contributed by atoms with Crippen molar-refractivity contribution in [2.75, 3.05) is 6.61 Å². The molecule has 8 nitrogen and oxygen atoms in total. The fourth-order valence-corrected chi connectivity index (χ4v) is 12.9. The summed E-state index contributed by atoms with van der Waals surface area (Å²) in [5, 5.41) is 8.63. The van der Waals surface area contributed by atoms with Gasteiger partial charge in [-0.25, -0.2) is 4.79 Å². The number of carbonyl (C=O) groups excluding carboxylic acids is 2. The Bertz CT molecular complexity index is 2000. The number of carbonyl (C=O) groups is 2. The zero-order chi connectivity index (χ0) is 46.0. The van der Waals surface area contributed by atoms with E-state index in [0.29, 0.717) is 36.5 Å². The number of aryl methyl sites for hydroxylation is 1. The van der Waals surface area contributed by atoms with Crippen molar-refractivity contribution in [2.24, 2.45) is 52.3 Å². The van der Waals surface area contributed by atoms with Gasteiger partial charge in [0.2, 0.25) is 0 Å². The van der Waals surface area contributed by atoms with E-state index in [1.807, 2.05) is 59.4 Å². The summed E-state index contributed by atoms with van der Waals surface area (Å²) >= 11 is 0. The maximum Gasteiger partial charge on any atom is 0.338 e. The Balaban J connectivity index is 0.740. The van der Waals surface area contributed by atoms with Gasteiger partial charge in [-0.3, -0.25) is 9.48 Å². The third-order valence-corrected chi connectivity index (χ3v) is 17.1. The summed E-state index contributed by atoms with van der Waals surface area (Å²) in [5.41, 5.74) is 5.85. The topological polar surface area (TPSA) is 92.5 Å². The molecule has 0 aliphatic heterocycles. The summed E-state index contributed by atoms with van der Waals surface area (Å²) in [5.74, 6) is 5.93. The average Bonchev–Trinajstić information content (AvgIpc) is 3.92. The molecule has 1 unspecified atom stereocenters. The lowest BCUT2D eigenvalue weighted by molar-refractivity contribution is -0.151. The number of hydrogen-bond acceptors (Lipinski definition) is 7. The molecule has 7 rings (SSSR count). The van der Waals surface area contributed by atoms with E-state index in [2.05, 4.69) is 64.9 Å². The van der Waals surface area contributed by atoms with E-state index in [9.17, 15) is 9.59 Å². The molecule has 0 spiro atoms. The van der Waals surface area contributed by atoms with Crippen molar-refractivity contribution >= 4 is 11.9 Å². The van der Waals surface area contributed by atoms with Gasteiger partial charge in [0.25, 0.3) is 0 Å². The van der Waals surface area contributed by atoms with Crippen LogP contribution in [-0.2, 0) is 27.4 Å². The number of aromatic nitrogens is 3. The summed E-state index contributed by atoms with van der Waals surface area (Å²) in [7, 11) is 0. The van der Waals surface area contributed by atoms with Crippen LogP contribution < -0.4 is 4.74 Å². The molecule has 65 heavy (non-hydrogen) atoms. The first-order chi connectivity index (χ1) is 31.4. The van der Waals surface area contributed by atoms with Crippen molar-refractivity contribution in [3.63, 3.8) is 0 Å². The summed E-state index contributed by atoms with van der Waals surface area (Å²) in [6.45, 7) is 18.4. The van der Waals surface area contributed by atoms with Gasteiger partial charge in [0.05, 0.1) is 18.4 Å². The van der Waals surface area contributed by atoms with E-state index in [4.69, 9.17) is 14.2 Å². The van der Waals surface area contributed by atoms with Gasteiger partial charge >= 0.3 is 11.9 Å². The van der Waals surface area contributed by atoms with Crippen LogP contribution in [0.1, 0.15) is 187 Å². The number of nitrogens with zero attached hydrogens (tertiary/aromatic N) is 3. The molecular formula is C57H83N3O5. The molecule has 4 aliphatic carbocycles. The number of unbranched alkanes of at least 4 members (excludes halogenated alkanes) is 5. The van der Waals surface area contributed by atoms with E-state index in [1.165, 1.54) is 57.8 Å². The quantitative estimate of drug-likeness (QED) is 0.0532. The minimum absolute atomic E-state index is 0.00317. The molecule has 1 aromatic heterocycles. The highest BCUT2D eigenvalue weighted by Gasteiger charge is 2.59. The van der Waals surface area contributed by atoms with E-state index in [0.717, 1.165) is 122 Å². The van der Waals surface area contributed by atoms with Gasteiger partial charge in [0.15, 0.2) is 0 Å². The molecule has 3 aromatic rings. The Kier molecular flexibility index (Phi) is 17.1. The summed E-state index contributed by atoms with van der Waals surface area (Å²) in [6, 6.07) is 15.5. The van der Waals surface area contributed by atoms with Crippen molar-refractivity contribution in [1.29, 1.82) is 0 Å². The first kappa shape index (κ1) is 49.0. The molecule has 9 atom stereocenters. The van der Waals surface area contributed by atoms with Gasteiger partial charge in [0, 0.05) is 19.4 Å². The molecule has 3 fully saturated rings. The number of benzene rings is 2. The molecule has 0 amide bonds. The summed E-state index contributed by atoms with van der Waals surface area (Å²) in [6.07, 6.45) is 26.9. The lowest BCUT2D eigenvalue weighted by atomic mass is 9.47. The van der Waals surface area contributed by atoms with E-state index < -0.39 is 0 Å². The molecule has 1 heterocycles. The monoisotopic (exact) mass is 890 g/mol. The van der Waals surface area contributed by atoms with Crippen molar-refractivity contribution < 1.29 is 23.8 Å². The van der Waals surface area contributed by atoms with Crippen LogP contribution in [0, 0.1) is 52.3 Å². The van der Waals surface area contributed by atoms with E-state index in [-0.39, 0.29) is 23.5 Å². The second kappa shape index (κ2) is 22.7. The molecule has 0 N–H and O–H groups in total. The van der Waals surface area contributed by atoms with Crippen LogP contribution >= 0.6 is 0 Å². The van der Waals surface area contributed by atoms with Crippen LogP contribution in [0.5, 0.6) is 5.75 Å². The van der Waals surface area contributed by atoms with Crippen molar-refractivity contribution in [2.45, 2.75) is 190 Å². The second-order valence-corrected chi connectivity index (χ2v) is 22.0. The van der Waals surface area contributed by atoms with Crippen LogP contribution in [-0.4, -0.2) is 39.6 Å². The average molecular weight is 890 g/mol. The second-order valence-electron chi connectivity index (χ2n) is 22.0. The third-order valence-electron chi connectivity index (χ3n) is 17.1. The maximum absolute atomic E-state index is 13.0. The van der Waals surface area contributed by atoms with Gasteiger partial charge in [-0.1, -0.05) is 141 Å². The molecule has 0 saturated heterocycles. The number of esters is 2. The van der Waals surface area contributed by atoms with Crippen molar-refractivity contribution in [1.82, 2.24) is 15.0 Å². The summed E-state index contributed by atoms with van der Waals surface area (Å²) in [4.78, 5) is 25.4. The number of allylic oxidation sites excluding steroid dienone is 1.